The van der Waals surface area contributed by atoms with E-state index in [2.05, 4.69) is 38.2 Å². The number of hydrogen-bond donors (Lipinski definition) is 2. The summed E-state index contributed by atoms with van der Waals surface area (Å²) in [6, 6.07) is 6.55. The molecule has 21 heavy (non-hydrogen) atoms. The highest BCUT2D eigenvalue weighted by Gasteiger charge is 2.17. The minimum atomic E-state index is 0.108. The zero-order valence-electron chi connectivity index (χ0n) is 14.0. The molecule has 3 N–H and O–H groups in total. The fraction of sp³-hybridized carbons (Fsp3) is 0.647. The van der Waals surface area contributed by atoms with Crippen LogP contribution in [0, 0.1) is 0 Å². The van der Waals surface area contributed by atoms with Crippen molar-refractivity contribution >= 4 is 5.69 Å². The minimum Gasteiger partial charge on any atom is -0.495 e. The molecule has 0 aliphatic rings. The molecular formula is C17H30N2O2. The van der Waals surface area contributed by atoms with Crippen molar-refractivity contribution in [3.05, 3.63) is 23.8 Å². The van der Waals surface area contributed by atoms with Gasteiger partial charge in [-0.05, 0) is 42.5 Å². The van der Waals surface area contributed by atoms with Gasteiger partial charge < -0.3 is 20.5 Å². The van der Waals surface area contributed by atoms with Gasteiger partial charge in [0, 0.05) is 13.2 Å². The van der Waals surface area contributed by atoms with Crippen LogP contribution in [0.4, 0.5) is 5.69 Å². The fourth-order valence-electron chi connectivity index (χ4n) is 2.27. The maximum Gasteiger partial charge on any atom is 0.141 e. The largest absolute Gasteiger partial charge is 0.495 e. The van der Waals surface area contributed by atoms with Gasteiger partial charge in [-0.15, -0.1) is 0 Å². The predicted octanol–water partition coefficient (Wildman–Crippen LogP) is 3.16. The molecule has 0 aliphatic carbocycles. The van der Waals surface area contributed by atoms with E-state index in [-0.39, 0.29) is 11.5 Å². The molecule has 0 saturated carbocycles. The molecule has 0 spiro atoms. The van der Waals surface area contributed by atoms with Crippen molar-refractivity contribution in [1.82, 2.24) is 0 Å². The first-order valence-corrected chi connectivity index (χ1v) is 7.56. The lowest BCUT2D eigenvalue weighted by Crippen LogP contribution is -2.26. The lowest BCUT2D eigenvalue weighted by Gasteiger charge is -2.24. The van der Waals surface area contributed by atoms with Gasteiger partial charge in [-0.25, -0.2) is 0 Å². The third-order valence-electron chi connectivity index (χ3n) is 3.55. The van der Waals surface area contributed by atoms with E-state index in [4.69, 9.17) is 15.2 Å². The molecule has 4 heteroatoms. The molecule has 0 amide bonds. The summed E-state index contributed by atoms with van der Waals surface area (Å²) in [7, 11) is 3.42. The number of benzene rings is 1. The predicted molar refractivity (Wildman–Crippen MR) is 89.3 cm³/mol. The van der Waals surface area contributed by atoms with Crippen LogP contribution in [-0.2, 0) is 10.2 Å². The Bertz CT molecular complexity index is 427. The highest BCUT2D eigenvalue weighted by Crippen LogP contribution is 2.32. The summed E-state index contributed by atoms with van der Waals surface area (Å²) in [5, 5.41) is 3.54. The van der Waals surface area contributed by atoms with Crippen molar-refractivity contribution in [2.45, 2.75) is 45.1 Å². The van der Waals surface area contributed by atoms with Crippen molar-refractivity contribution in [2.24, 2.45) is 5.73 Å². The quantitative estimate of drug-likeness (QED) is 0.773. The van der Waals surface area contributed by atoms with Crippen LogP contribution < -0.4 is 15.8 Å². The van der Waals surface area contributed by atoms with Gasteiger partial charge in [-0.3, -0.25) is 0 Å². The molecular weight excluding hydrogens is 264 g/mol. The molecule has 0 radical (unpaired) electrons. The van der Waals surface area contributed by atoms with E-state index in [1.807, 2.05) is 6.07 Å². The van der Waals surface area contributed by atoms with Crippen LogP contribution in [-0.4, -0.2) is 33.4 Å². The smallest absolute Gasteiger partial charge is 0.141 e. The standard InChI is InChI=1S/C17H30N2O2/c1-17(2,3)13-8-9-16(21-5)15(11-13)19-14(12-20-4)7-6-10-18/h8-9,11,14,19H,6-7,10,12,18H2,1-5H3. The molecule has 0 saturated heterocycles. The zero-order chi connectivity index (χ0) is 15.9. The van der Waals surface area contributed by atoms with Crippen LogP contribution in [0.2, 0.25) is 0 Å². The molecule has 0 heterocycles. The molecule has 1 aromatic carbocycles. The second-order valence-corrected chi connectivity index (χ2v) is 6.39. The Morgan fingerprint density at radius 2 is 1.95 bits per heavy atom. The van der Waals surface area contributed by atoms with Crippen LogP contribution in [0.3, 0.4) is 0 Å². The molecule has 120 valence electrons. The minimum absolute atomic E-state index is 0.108. The van der Waals surface area contributed by atoms with Crippen molar-refractivity contribution in [2.75, 3.05) is 32.7 Å². The lowest BCUT2D eigenvalue weighted by molar-refractivity contribution is 0.182. The average molecular weight is 294 g/mol. The molecule has 1 rings (SSSR count). The second kappa shape index (κ2) is 8.25. The number of nitrogens with one attached hydrogen (secondary N) is 1. The van der Waals surface area contributed by atoms with Gasteiger partial charge in [0.25, 0.3) is 0 Å². The molecule has 1 unspecified atom stereocenters. The van der Waals surface area contributed by atoms with Gasteiger partial charge in [0.2, 0.25) is 0 Å². The Hall–Kier alpha value is -1.26. The van der Waals surface area contributed by atoms with Gasteiger partial charge >= 0.3 is 0 Å². The molecule has 1 atom stereocenters. The third-order valence-corrected chi connectivity index (χ3v) is 3.55. The first-order valence-electron chi connectivity index (χ1n) is 7.56. The molecule has 1 aromatic rings. The summed E-state index contributed by atoms with van der Waals surface area (Å²) in [5.74, 6) is 0.858. The van der Waals surface area contributed by atoms with E-state index in [1.54, 1.807) is 14.2 Å². The highest BCUT2D eigenvalue weighted by molar-refractivity contribution is 5.59. The van der Waals surface area contributed by atoms with Crippen LogP contribution in [0.15, 0.2) is 18.2 Å². The van der Waals surface area contributed by atoms with Gasteiger partial charge in [-0.1, -0.05) is 26.8 Å². The van der Waals surface area contributed by atoms with E-state index in [0.717, 1.165) is 24.3 Å². The summed E-state index contributed by atoms with van der Waals surface area (Å²) >= 11 is 0. The Balaban J connectivity index is 2.96. The van der Waals surface area contributed by atoms with E-state index in [0.29, 0.717) is 13.2 Å². The Morgan fingerprint density at radius 3 is 2.48 bits per heavy atom. The third kappa shape index (κ3) is 5.56. The van der Waals surface area contributed by atoms with Crippen molar-refractivity contribution < 1.29 is 9.47 Å². The van der Waals surface area contributed by atoms with Gasteiger partial charge in [0.1, 0.15) is 5.75 Å². The lowest BCUT2D eigenvalue weighted by atomic mass is 9.86. The van der Waals surface area contributed by atoms with Gasteiger partial charge in [-0.2, -0.15) is 0 Å². The van der Waals surface area contributed by atoms with Crippen molar-refractivity contribution in [1.29, 1.82) is 0 Å². The van der Waals surface area contributed by atoms with E-state index in [1.165, 1.54) is 5.56 Å². The van der Waals surface area contributed by atoms with Crippen LogP contribution in [0.5, 0.6) is 5.75 Å². The van der Waals surface area contributed by atoms with Crippen molar-refractivity contribution in [3.63, 3.8) is 0 Å². The van der Waals surface area contributed by atoms with Crippen LogP contribution in [0.1, 0.15) is 39.2 Å². The van der Waals surface area contributed by atoms with Crippen LogP contribution in [0.25, 0.3) is 0 Å². The van der Waals surface area contributed by atoms with Crippen LogP contribution >= 0.6 is 0 Å². The van der Waals surface area contributed by atoms with E-state index in [9.17, 15) is 0 Å². The highest BCUT2D eigenvalue weighted by atomic mass is 16.5. The SMILES string of the molecule is COCC(CCCN)Nc1cc(C(C)(C)C)ccc1OC. The van der Waals surface area contributed by atoms with Gasteiger partial charge in [0.15, 0.2) is 0 Å². The Labute approximate surface area is 129 Å². The molecule has 0 aromatic heterocycles. The summed E-state index contributed by atoms with van der Waals surface area (Å²) in [6.07, 6.45) is 1.95. The average Bonchev–Trinajstić information content (AvgIpc) is 2.44. The second-order valence-electron chi connectivity index (χ2n) is 6.39. The summed E-state index contributed by atoms with van der Waals surface area (Å²) in [6.45, 7) is 7.98. The number of methoxy groups -OCH3 is 2. The maximum atomic E-state index is 5.61. The number of anilines is 1. The normalized spacial score (nSPS) is 13.0. The Morgan fingerprint density at radius 1 is 1.24 bits per heavy atom. The first kappa shape index (κ1) is 17.8. The Kier molecular flexibility index (Phi) is 6.99. The number of nitrogens with two attached hydrogens (primary N) is 1. The summed E-state index contributed by atoms with van der Waals surface area (Å²) < 4.78 is 10.8. The van der Waals surface area contributed by atoms with E-state index >= 15 is 0 Å². The fourth-order valence-corrected chi connectivity index (χ4v) is 2.27. The first-order chi connectivity index (χ1) is 9.92. The number of ether oxygens (including phenoxy) is 2. The van der Waals surface area contributed by atoms with Crippen molar-refractivity contribution in [3.8, 4) is 5.75 Å². The molecule has 0 fully saturated rings. The summed E-state index contributed by atoms with van der Waals surface area (Å²) in [5.41, 5.74) is 8.01. The zero-order valence-corrected chi connectivity index (χ0v) is 14.0. The molecule has 0 bridgehead atoms. The number of rotatable bonds is 8. The molecule has 4 nitrogen and oxygen atoms in total. The summed E-state index contributed by atoms with van der Waals surface area (Å²) in [4.78, 5) is 0. The molecule has 0 aliphatic heterocycles. The number of hydrogen-bond acceptors (Lipinski definition) is 4. The maximum absolute atomic E-state index is 5.61. The topological polar surface area (TPSA) is 56.5 Å². The van der Waals surface area contributed by atoms with Gasteiger partial charge in [0.05, 0.1) is 19.4 Å². The monoisotopic (exact) mass is 294 g/mol. The van der Waals surface area contributed by atoms with E-state index < -0.39 is 0 Å².